The molecule has 0 aromatic heterocycles. The number of carbonyl (C=O) groups excluding carboxylic acids is 1. The molecule has 0 spiro atoms. The standard InChI is InChI=1S/C28H31NO3Si/c1-20-25-19-22(17-16-21(25)18-26(29-20)27(30)31-5)32-33(28(2,3)4,23-12-8-6-9-13-23)24-14-10-7-11-15-24/h6-17,19,26H,18H2,1-5H3/t26-/m0/s1. The minimum absolute atomic E-state index is 0.120. The van der Waals surface area contributed by atoms with Crippen LogP contribution in [0.4, 0.5) is 0 Å². The second-order valence-corrected chi connectivity index (χ2v) is 13.8. The Balaban J connectivity index is 1.83. The molecule has 0 aliphatic carbocycles. The van der Waals surface area contributed by atoms with Crippen molar-refractivity contribution in [3.63, 3.8) is 0 Å². The molecule has 0 bridgehead atoms. The molecular formula is C28H31NO3Si. The van der Waals surface area contributed by atoms with Gasteiger partial charge in [-0.25, -0.2) is 4.79 Å². The fourth-order valence-electron chi connectivity index (χ4n) is 4.79. The van der Waals surface area contributed by atoms with E-state index in [0.29, 0.717) is 6.42 Å². The van der Waals surface area contributed by atoms with Crippen LogP contribution in [0.1, 0.15) is 38.8 Å². The predicted molar refractivity (Wildman–Crippen MR) is 136 cm³/mol. The molecule has 0 saturated heterocycles. The van der Waals surface area contributed by atoms with Gasteiger partial charge in [0, 0.05) is 17.7 Å². The lowest BCUT2D eigenvalue weighted by Gasteiger charge is -2.43. The summed E-state index contributed by atoms with van der Waals surface area (Å²) in [5, 5.41) is 2.35. The number of aliphatic imine (C=N–C) groups is 1. The Bertz CT molecular complexity index is 1130. The number of carbonyl (C=O) groups is 1. The van der Waals surface area contributed by atoms with Crippen LogP contribution < -0.4 is 14.8 Å². The fourth-order valence-corrected chi connectivity index (χ4v) is 9.20. The average Bonchev–Trinajstić information content (AvgIpc) is 2.82. The zero-order chi connectivity index (χ0) is 23.6. The van der Waals surface area contributed by atoms with Crippen LogP contribution in [0.15, 0.2) is 83.9 Å². The highest BCUT2D eigenvalue weighted by atomic mass is 28.4. The van der Waals surface area contributed by atoms with Crippen molar-refractivity contribution >= 4 is 30.4 Å². The van der Waals surface area contributed by atoms with Gasteiger partial charge in [-0.3, -0.25) is 4.99 Å². The second-order valence-electron chi connectivity index (χ2n) is 9.54. The molecule has 0 radical (unpaired) electrons. The van der Waals surface area contributed by atoms with Gasteiger partial charge in [0.15, 0.2) is 6.04 Å². The Morgan fingerprint density at radius 3 is 2.03 bits per heavy atom. The quantitative estimate of drug-likeness (QED) is 0.418. The largest absolute Gasteiger partial charge is 0.534 e. The summed E-state index contributed by atoms with van der Waals surface area (Å²) in [4.78, 5) is 16.6. The molecule has 33 heavy (non-hydrogen) atoms. The van der Waals surface area contributed by atoms with Crippen LogP contribution in [0.5, 0.6) is 5.75 Å². The van der Waals surface area contributed by atoms with E-state index in [0.717, 1.165) is 22.6 Å². The number of esters is 1. The number of ether oxygens (including phenoxy) is 1. The molecule has 5 heteroatoms. The summed E-state index contributed by atoms with van der Waals surface area (Å²) < 4.78 is 12.1. The Kier molecular flexibility index (Phi) is 6.26. The molecule has 1 aliphatic heterocycles. The van der Waals surface area contributed by atoms with E-state index in [1.165, 1.54) is 17.5 Å². The lowest BCUT2D eigenvalue weighted by atomic mass is 9.94. The first-order valence-corrected chi connectivity index (χ1v) is 13.2. The van der Waals surface area contributed by atoms with Crippen LogP contribution in [-0.2, 0) is 16.0 Å². The van der Waals surface area contributed by atoms with Crippen molar-refractivity contribution in [1.82, 2.24) is 0 Å². The van der Waals surface area contributed by atoms with Crippen LogP contribution in [0.25, 0.3) is 0 Å². The van der Waals surface area contributed by atoms with E-state index in [2.05, 4.69) is 86.4 Å². The topological polar surface area (TPSA) is 47.9 Å². The van der Waals surface area contributed by atoms with Crippen LogP contribution in [0.3, 0.4) is 0 Å². The van der Waals surface area contributed by atoms with E-state index < -0.39 is 14.4 Å². The second kappa shape index (κ2) is 8.98. The van der Waals surface area contributed by atoms with Crippen LogP contribution in [0, 0.1) is 0 Å². The van der Waals surface area contributed by atoms with Gasteiger partial charge < -0.3 is 9.16 Å². The molecule has 1 atom stereocenters. The number of methoxy groups -OCH3 is 1. The summed E-state index contributed by atoms with van der Waals surface area (Å²) >= 11 is 0. The van der Waals surface area contributed by atoms with Gasteiger partial charge in [-0.2, -0.15) is 0 Å². The van der Waals surface area contributed by atoms with E-state index >= 15 is 0 Å². The zero-order valence-corrected chi connectivity index (χ0v) is 21.0. The summed E-state index contributed by atoms with van der Waals surface area (Å²) in [6.45, 7) is 8.75. The third kappa shape index (κ3) is 4.25. The SMILES string of the molecule is COC(=O)[C@@H]1Cc2ccc(O[Si](c3ccccc3)(c3ccccc3)C(C)(C)C)cc2C(C)=N1. The molecule has 170 valence electrons. The molecule has 0 fully saturated rings. The van der Waals surface area contributed by atoms with E-state index in [1.54, 1.807) is 0 Å². The minimum Gasteiger partial charge on any atom is -0.534 e. The van der Waals surface area contributed by atoms with Gasteiger partial charge in [0.25, 0.3) is 0 Å². The average molecular weight is 458 g/mol. The van der Waals surface area contributed by atoms with Crippen LogP contribution in [-0.4, -0.2) is 33.2 Å². The molecule has 1 heterocycles. The van der Waals surface area contributed by atoms with Crippen molar-refractivity contribution in [3.8, 4) is 5.75 Å². The lowest BCUT2D eigenvalue weighted by Crippen LogP contribution is -2.68. The molecule has 0 amide bonds. The highest BCUT2D eigenvalue weighted by Gasteiger charge is 2.52. The Hall–Kier alpha value is -3.18. The monoisotopic (exact) mass is 457 g/mol. The maximum atomic E-state index is 12.1. The van der Waals surface area contributed by atoms with E-state index in [4.69, 9.17) is 9.16 Å². The van der Waals surface area contributed by atoms with Crippen LogP contribution >= 0.6 is 0 Å². The van der Waals surface area contributed by atoms with Crippen LogP contribution in [0.2, 0.25) is 5.04 Å². The molecule has 3 aromatic carbocycles. The summed E-state index contributed by atoms with van der Waals surface area (Å²) in [6, 6.07) is 26.9. The van der Waals surface area contributed by atoms with Crippen molar-refractivity contribution in [2.45, 2.75) is 45.2 Å². The maximum absolute atomic E-state index is 12.1. The number of nitrogens with zero attached hydrogens (tertiary/aromatic N) is 1. The molecule has 0 unspecified atom stereocenters. The highest BCUT2D eigenvalue weighted by molar-refractivity contribution is 7.00. The Morgan fingerprint density at radius 2 is 1.52 bits per heavy atom. The third-order valence-corrected chi connectivity index (χ3v) is 11.3. The molecule has 0 saturated carbocycles. The fraction of sp³-hybridized carbons (Fsp3) is 0.286. The van der Waals surface area contributed by atoms with E-state index in [9.17, 15) is 4.79 Å². The zero-order valence-electron chi connectivity index (χ0n) is 20.0. The number of fused-ring (bicyclic) bond motifs is 1. The first kappa shape index (κ1) is 23.0. The molecule has 4 nitrogen and oxygen atoms in total. The van der Waals surface area contributed by atoms with E-state index in [-0.39, 0.29) is 11.0 Å². The lowest BCUT2D eigenvalue weighted by molar-refractivity contribution is -0.142. The predicted octanol–water partition coefficient (Wildman–Crippen LogP) is 4.53. The first-order valence-electron chi connectivity index (χ1n) is 11.3. The summed E-state index contributed by atoms with van der Waals surface area (Å²) in [6.07, 6.45) is 0.541. The van der Waals surface area contributed by atoms with Gasteiger partial charge in [0.05, 0.1) is 7.11 Å². The van der Waals surface area contributed by atoms with Crippen molar-refractivity contribution in [2.75, 3.05) is 7.11 Å². The van der Waals surface area contributed by atoms with Gasteiger partial charge in [-0.05, 0) is 40.0 Å². The van der Waals surface area contributed by atoms with Gasteiger partial charge in [0.1, 0.15) is 5.75 Å². The first-order chi connectivity index (χ1) is 15.8. The number of hydrogen-bond donors (Lipinski definition) is 0. The number of hydrogen-bond acceptors (Lipinski definition) is 4. The Morgan fingerprint density at radius 1 is 0.939 bits per heavy atom. The van der Waals surface area contributed by atoms with Crippen molar-refractivity contribution in [2.24, 2.45) is 4.99 Å². The van der Waals surface area contributed by atoms with Gasteiger partial charge in [0.2, 0.25) is 0 Å². The molecule has 1 aliphatic rings. The maximum Gasteiger partial charge on any atom is 0.330 e. The van der Waals surface area contributed by atoms with E-state index in [1.807, 2.05) is 25.1 Å². The van der Waals surface area contributed by atoms with Crippen molar-refractivity contribution in [1.29, 1.82) is 0 Å². The summed E-state index contributed by atoms with van der Waals surface area (Å²) in [7, 11) is -1.30. The molecular weight excluding hydrogens is 426 g/mol. The third-order valence-electron chi connectivity index (χ3n) is 6.39. The highest BCUT2D eigenvalue weighted by Crippen LogP contribution is 2.38. The summed E-state index contributed by atoms with van der Waals surface area (Å²) in [5.41, 5.74) is 2.96. The van der Waals surface area contributed by atoms with Crippen molar-refractivity contribution < 1.29 is 14.0 Å². The summed E-state index contributed by atoms with van der Waals surface area (Å²) in [5.74, 6) is 0.529. The number of benzene rings is 3. The van der Waals surface area contributed by atoms with Gasteiger partial charge >= 0.3 is 14.3 Å². The normalized spacial score (nSPS) is 15.9. The minimum atomic E-state index is -2.71. The van der Waals surface area contributed by atoms with Crippen molar-refractivity contribution in [3.05, 3.63) is 90.0 Å². The number of rotatable bonds is 5. The molecule has 0 N–H and O–H groups in total. The smallest absolute Gasteiger partial charge is 0.330 e. The molecule has 4 rings (SSSR count). The molecule has 3 aromatic rings. The van der Waals surface area contributed by atoms with Gasteiger partial charge in [-0.1, -0.05) is 87.5 Å². The van der Waals surface area contributed by atoms with Gasteiger partial charge in [-0.15, -0.1) is 0 Å². The Labute approximate surface area is 197 Å².